The van der Waals surface area contributed by atoms with Crippen LogP contribution in [0.2, 0.25) is 0 Å². The Hall–Kier alpha value is -3.47. The second-order valence-electron chi connectivity index (χ2n) is 13.4. The number of hydroxylamine groups is 4. The second kappa shape index (κ2) is 10.8. The predicted octanol–water partition coefficient (Wildman–Crippen LogP) is -0.571. The highest BCUT2D eigenvalue weighted by Crippen LogP contribution is 2.63. The van der Waals surface area contributed by atoms with E-state index in [1.165, 1.54) is 9.80 Å². The molecule has 256 valence electrons. The third-order valence-corrected chi connectivity index (χ3v) is 11.2. The zero-order valence-electron chi connectivity index (χ0n) is 25.7. The Labute approximate surface area is 268 Å². The Balaban J connectivity index is 0.987. The van der Waals surface area contributed by atoms with Gasteiger partial charge in [-0.15, -0.1) is 29.0 Å². The lowest BCUT2D eigenvalue weighted by Crippen LogP contribution is -2.45. The van der Waals surface area contributed by atoms with Gasteiger partial charge in [0.2, 0.25) is 23.6 Å². The molecule has 4 N–H and O–H groups in total. The Kier molecular flexibility index (Phi) is 7.07. The number of aliphatic hydroxyl groups is 2. The molecule has 4 saturated heterocycles. The number of fused-ring (bicyclic) bond motifs is 6. The monoisotopic (exact) mass is 680 g/mol. The van der Waals surface area contributed by atoms with E-state index in [-0.39, 0.29) is 49.7 Å². The molecule has 6 heterocycles. The van der Waals surface area contributed by atoms with Crippen molar-refractivity contribution in [3.8, 4) is 0 Å². The maximum atomic E-state index is 13.6. The normalized spacial score (nSPS) is 29.8. The van der Waals surface area contributed by atoms with Crippen molar-refractivity contribution in [3.63, 3.8) is 0 Å². The SMILES string of the molecule is CNC[C@H](O)c1nnc([C@@H]2CC3(CC3)[C@@H]3CN2C(=O)N3OS(=O)(=O)ON2C(=O)N3C[C@H]2C2(CC2)C[C@H]3c2nnc([C@@H](O)CNC)o2)o1. The number of urea groups is 2. The van der Waals surface area contributed by atoms with Gasteiger partial charge in [0, 0.05) is 26.2 Å². The van der Waals surface area contributed by atoms with Gasteiger partial charge in [-0.05, 0) is 63.5 Å². The molecule has 6 aliphatic rings. The van der Waals surface area contributed by atoms with Crippen LogP contribution in [0.1, 0.15) is 86.4 Å². The molecular formula is C26H36N10O10S. The first-order chi connectivity index (χ1) is 22.5. The number of hydrogen-bond donors (Lipinski definition) is 4. The van der Waals surface area contributed by atoms with Crippen molar-refractivity contribution in [2.24, 2.45) is 10.8 Å². The number of carbonyl (C=O) groups excluding carboxylic acids is 2. The highest BCUT2D eigenvalue weighted by atomic mass is 32.3. The molecule has 4 bridgehead atoms. The lowest BCUT2D eigenvalue weighted by Gasteiger charge is -2.35. The Morgan fingerprint density at radius 2 is 1.19 bits per heavy atom. The quantitative estimate of drug-likeness (QED) is 0.219. The third kappa shape index (κ3) is 4.97. The second-order valence-corrected chi connectivity index (χ2v) is 14.5. The van der Waals surface area contributed by atoms with Gasteiger partial charge in [0.05, 0.1) is 12.1 Å². The fraction of sp³-hybridized carbons (Fsp3) is 0.769. The first-order valence-electron chi connectivity index (χ1n) is 15.6. The molecule has 2 aromatic heterocycles. The summed E-state index contributed by atoms with van der Waals surface area (Å²) in [6.07, 6.45) is 1.76. The van der Waals surface area contributed by atoms with Crippen molar-refractivity contribution in [1.29, 1.82) is 0 Å². The zero-order valence-corrected chi connectivity index (χ0v) is 26.5. The number of nitrogens with zero attached hydrogens (tertiary/aromatic N) is 8. The molecule has 6 fully saturated rings. The zero-order chi connectivity index (χ0) is 32.9. The molecule has 8 rings (SSSR count). The van der Waals surface area contributed by atoms with E-state index in [0.29, 0.717) is 12.8 Å². The summed E-state index contributed by atoms with van der Waals surface area (Å²) in [4.78, 5) is 30.1. The Bertz CT molecular complexity index is 1560. The molecule has 4 amide bonds. The Morgan fingerprint density at radius 1 is 0.787 bits per heavy atom. The number of aromatic nitrogens is 4. The van der Waals surface area contributed by atoms with Gasteiger partial charge in [-0.25, -0.2) is 9.59 Å². The van der Waals surface area contributed by atoms with Crippen molar-refractivity contribution < 1.29 is 45.6 Å². The van der Waals surface area contributed by atoms with Crippen LogP contribution in [-0.4, -0.2) is 123 Å². The number of likely N-dealkylation sites (N-methyl/N-ethyl adjacent to an activating group) is 2. The molecule has 0 radical (unpaired) electrons. The summed E-state index contributed by atoms with van der Waals surface area (Å²) in [6, 6.07) is -3.86. The van der Waals surface area contributed by atoms with Gasteiger partial charge in [-0.2, -0.15) is 18.5 Å². The third-order valence-electron chi connectivity index (χ3n) is 10.5. The molecule has 0 aromatic carbocycles. The summed E-state index contributed by atoms with van der Waals surface area (Å²) in [5.74, 6) is 0.310. The maximum absolute atomic E-state index is 13.6. The molecule has 2 saturated carbocycles. The van der Waals surface area contributed by atoms with Crippen LogP contribution in [0.4, 0.5) is 9.59 Å². The van der Waals surface area contributed by atoms with Gasteiger partial charge < -0.3 is 39.5 Å². The van der Waals surface area contributed by atoms with E-state index < -0.39 is 69.7 Å². The first kappa shape index (κ1) is 30.8. The molecular weight excluding hydrogens is 644 g/mol. The minimum Gasteiger partial charge on any atom is -0.420 e. The number of nitrogens with one attached hydrogen (secondary N) is 2. The van der Waals surface area contributed by atoms with Crippen LogP contribution in [-0.2, 0) is 19.0 Å². The van der Waals surface area contributed by atoms with Gasteiger partial charge in [0.15, 0.2) is 0 Å². The van der Waals surface area contributed by atoms with Crippen LogP contribution in [0.3, 0.4) is 0 Å². The topological polar surface area (TPSA) is 242 Å². The molecule has 2 spiro atoms. The summed E-state index contributed by atoms with van der Waals surface area (Å²) in [6.45, 7) is 0.711. The molecule has 0 unspecified atom stereocenters. The standard InChI is InChI=1S/C26H36N10O10S/c1-27-9-15(37)21-31-29-19(43-21)13-7-25(3-4-25)17-11-33(13)23(39)35(17)45-47(41,42)46-36-18-12-34(24(36)40)14(8-26(18)5-6-26)20-30-32-22(44-20)16(38)10-28-2/h13-18,27-28,37-38H,3-12H2,1-2H3/t13-,14-,15-,16-,17-,18-/m0/s1. The van der Waals surface area contributed by atoms with Crippen molar-refractivity contribution in [2.75, 3.05) is 40.3 Å². The largest absolute Gasteiger partial charge is 0.442 e. The lowest BCUT2D eigenvalue weighted by molar-refractivity contribution is -0.101. The van der Waals surface area contributed by atoms with Crippen molar-refractivity contribution in [1.82, 2.24) is 51.0 Å². The number of rotatable bonds is 12. The van der Waals surface area contributed by atoms with Crippen LogP contribution >= 0.6 is 0 Å². The molecule has 47 heavy (non-hydrogen) atoms. The summed E-state index contributed by atoms with van der Waals surface area (Å²) in [5, 5.41) is 43.8. The Morgan fingerprint density at radius 3 is 1.55 bits per heavy atom. The molecule has 20 nitrogen and oxygen atoms in total. The maximum Gasteiger partial charge on any atom is 0.442 e. The highest BCUT2D eigenvalue weighted by Gasteiger charge is 2.67. The van der Waals surface area contributed by atoms with Crippen LogP contribution in [0.5, 0.6) is 0 Å². The smallest absolute Gasteiger partial charge is 0.420 e. The highest BCUT2D eigenvalue weighted by molar-refractivity contribution is 7.81. The summed E-state index contributed by atoms with van der Waals surface area (Å²) >= 11 is 0. The van der Waals surface area contributed by atoms with Gasteiger partial charge in [-0.3, -0.25) is 0 Å². The first-order valence-corrected chi connectivity index (χ1v) is 17.0. The summed E-state index contributed by atoms with van der Waals surface area (Å²) < 4.78 is 49.1. The molecule has 2 aromatic rings. The fourth-order valence-corrected chi connectivity index (χ4v) is 8.43. The van der Waals surface area contributed by atoms with Crippen molar-refractivity contribution in [2.45, 2.75) is 74.9 Å². The van der Waals surface area contributed by atoms with E-state index in [0.717, 1.165) is 35.8 Å². The van der Waals surface area contributed by atoms with E-state index in [2.05, 4.69) is 31.0 Å². The molecule has 2 aliphatic carbocycles. The van der Waals surface area contributed by atoms with Crippen molar-refractivity contribution in [3.05, 3.63) is 23.6 Å². The van der Waals surface area contributed by atoms with Gasteiger partial charge in [0.1, 0.15) is 24.3 Å². The van der Waals surface area contributed by atoms with Gasteiger partial charge in [0.25, 0.3) is 0 Å². The minimum absolute atomic E-state index is 0.00915. The van der Waals surface area contributed by atoms with Crippen molar-refractivity contribution >= 4 is 22.5 Å². The molecule has 4 aliphatic heterocycles. The van der Waals surface area contributed by atoms with E-state index in [9.17, 15) is 28.2 Å². The van der Waals surface area contributed by atoms with E-state index in [1.54, 1.807) is 14.1 Å². The fourth-order valence-electron chi connectivity index (χ4n) is 7.67. The van der Waals surface area contributed by atoms with Crippen LogP contribution < -0.4 is 10.6 Å². The minimum atomic E-state index is -4.95. The predicted molar refractivity (Wildman–Crippen MR) is 151 cm³/mol. The summed E-state index contributed by atoms with van der Waals surface area (Å²) in [5.41, 5.74) is -0.858. The molecule has 21 heteroatoms. The van der Waals surface area contributed by atoms with E-state index in [4.69, 9.17) is 17.4 Å². The number of piperidine rings is 2. The number of hydrogen-bond acceptors (Lipinski definition) is 16. The average Bonchev–Trinajstić information content (AvgIpc) is 3.72. The van der Waals surface area contributed by atoms with Gasteiger partial charge >= 0.3 is 22.5 Å². The van der Waals surface area contributed by atoms with E-state index in [1.807, 2.05) is 0 Å². The van der Waals surface area contributed by atoms with Crippen LogP contribution in [0, 0.1) is 10.8 Å². The van der Waals surface area contributed by atoms with E-state index >= 15 is 0 Å². The van der Waals surface area contributed by atoms with Crippen LogP contribution in [0.25, 0.3) is 0 Å². The number of aliphatic hydroxyl groups excluding tert-OH is 2. The number of carbonyl (C=O) groups is 2. The lowest BCUT2D eigenvalue weighted by atomic mass is 9.85. The average molecular weight is 681 g/mol. The van der Waals surface area contributed by atoms with Crippen LogP contribution in [0.15, 0.2) is 8.83 Å². The molecule has 6 atom stereocenters. The number of amides is 4. The summed E-state index contributed by atoms with van der Waals surface area (Å²) in [7, 11) is -1.61. The van der Waals surface area contributed by atoms with Gasteiger partial charge in [-0.1, -0.05) is 0 Å².